The summed E-state index contributed by atoms with van der Waals surface area (Å²) in [4.78, 5) is 33.7. The number of nitrogens with one attached hydrogen (secondary N) is 3. The van der Waals surface area contributed by atoms with Gasteiger partial charge in [0.15, 0.2) is 0 Å². The highest BCUT2D eigenvalue weighted by molar-refractivity contribution is 6.04. The highest BCUT2D eigenvalue weighted by Gasteiger charge is 2.21. The molecular weight excluding hydrogens is 492 g/mol. The minimum atomic E-state index is -0.360. The van der Waals surface area contributed by atoms with Crippen LogP contribution < -0.4 is 15.6 Å². The number of allylic oxidation sites excluding steroid dienone is 4. The van der Waals surface area contributed by atoms with Crippen LogP contribution in [0.25, 0.3) is 22.2 Å². The predicted molar refractivity (Wildman–Crippen MR) is 154 cm³/mol. The Morgan fingerprint density at radius 2 is 2.05 bits per heavy atom. The van der Waals surface area contributed by atoms with Crippen LogP contribution >= 0.6 is 0 Å². The number of carbonyl (C=O) groups excluding carboxylic acids is 1. The zero-order valence-corrected chi connectivity index (χ0v) is 22.7. The summed E-state index contributed by atoms with van der Waals surface area (Å²) in [5, 5.41) is 8.12. The molecule has 1 aromatic carbocycles. The van der Waals surface area contributed by atoms with Gasteiger partial charge in [-0.25, -0.2) is 0 Å². The molecule has 0 unspecified atom stereocenters. The molecule has 3 aromatic heterocycles. The van der Waals surface area contributed by atoms with Crippen LogP contribution in [0.2, 0.25) is 0 Å². The Balaban J connectivity index is 1.32. The molecule has 202 valence electrons. The quantitative estimate of drug-likeness (QED) is 0.286. The lowest BCUT2D eigenvalue weighted by Gasteiger charge is -2.29. The van der Waals surface area contributed by atoms with Crippen LogP contribution in [-0.4, -0.2) is 56.8 Å². The second-order valence-corrected chi connectivity index (χ2v) is 10.8. The van der Waals surface area contributed by atoms with Crippen molar-refractivity contribution in [2.75, 3.05) is 26.0 Å². The first-order chi connectivity index (χ1) is 18.6. The maximum absolute atomic E-state index is 12.9. The fourth-order valence-corrected chi connectivity index (χ4v) is 4.93. The molecule has 0 radical (unpaired) electrons. The van der Waals surface area contributed by atoms with Crippen LogP contribution in [0.15, 0.2) is 77.5 Å². The number of fused-ring (bicyclic) bond motifs is 1. The molecule has 9 nitrogen and oxygen atoms in total. The highest BCUT2D eigenvalue weighted by Crippen LogP contribution is 2.28. The molecule has 0 saturated carbocycles. The van der Waals surface area contributed by atoms with E-state index in [1.165, 1.54) is 11.8 Å². The third-order valence-corrected chi connectivity index (χ3v) is 6.45. The van der Waals surface area contributed by atoms with Gasteiger partial charge in [-0.05, 0) is 76.7 Å². The summed E-state index contributed by atoms with van der Waals surface area (Å²) in [5.74, 6) is 0.456. The Bertz CT molecular complexity index is 1620. The number of hydrogen-bond acceptors (Lipinski definition) is 5. The molecule has 5 rings (SSSR count). The Kier molecular flexibility index (Phi) is 7.26. The summed E-state index contributed by atoms with van der Waals surface area (Å²) in [6.45, 7) is 5.49. The molecular formula is C30H34N6O3. The van der Waals surface area contributed by atoms with Gasteiger partial charge in [-0.3, -0.25) is 14.3 Å². The molecule has 0 atom stereocenters. The topological polar surface area (TPSA) is 108 Å². The van der Waals surface area contributed by atoms with Gasteiger partial charge in [-0.1, -0.05) is 18.2 Å². The lowest BCUT2D eigenvalue weighted by Crippen LogP contribution is -2.39. The standard InChI is InChI=1S/C30H34N6O3/c1-30(2,19-35(3)4)39-24-10-11-26-21(12-24)13-27(34-26)25-14-23(16-31-29(25)38)33-28(37)22-15-32-36(18-22)17-20-8-6-5-7-9-20/h6,8-16,18,34H,5,7,17,19H2,1-4H3,(H,31,38)(H,33,37). The molecule has 0 saturated heterocycles. The number of anilines is 1. The summed E-state index contributed by atoms with van der Waals surface area (Å²) >= 11 is 0. The van der Waals surface area contributed by atoms with Crippen molar-refractivity contribution in [3.63, 3.8) is 0 Å². The van der Waals surface area contributed by atoms with Gasteiger partial charge in [-0.2, -0.15) is 5.10 Å². The lowest BCUT2D eigenvalue weighted by molar-refractivity contribution is 0.0776. The minimum Gasteiger partial charge on any atom is -0.487 e. The normalized spacial score (nSPS) is 13.6. The molecule has 1 aliphatic rings. The van der Waals surface area contributed by atoms with E-state index in [0.29, 0.717) is 29.1 Å². The molecule has 9 heteroatoms. The molecule has 0 bridgehead atoms. The van der Waals surface area contributed by atoms with Crippen LogP contribution in [0.5, 0.6) is 5.75 Å². The SMILES string of the molecule is CN(C)CC(C)(C)Oc1ccc2[nH]c(-c3cc(NC(=O)c4cnn(CC5=CCCC=C5)c4)c[nH]c3=O)cc2c1. The van der Waals surface area contributed by atoms with Gasteiger partial charge in [0.25, 0.3) is 11.5 Å². The average Bonchev–Trinajstić information content (AvgIpc) is 3.51. The van der Waals surface area contributed by atoms with E-state index in [1.807, 2.05) is 38.4 Å². The van der Waals surface area contributed by atoms with E-state index < -0.39 is 0 Å². The van der Waals surface area contributed by atoms with Crippen molar-refractivity contribution >= 4 is 22.5 Å². The van der Waals surface area contributed by atoms with E-state index in [-0.39, 0.29) is 17.1 Å². The Morgan fingerprint density at radius 1 is 1.21 bits per heavy atom. The minimum absolute atomic E-state index is 0.259. The number of hydrogen-bond donors (Lipinski definition) is 3. The van der Waals surface area contributed by atoms with Crippen molar-refractivity contribution in [3.8, 4) is 17.0 Å². The summed E-state index contributed by atoms with van der Waals surface area (Å²) < 4.78 is 7.97. The van der Waals surface area contributed by atoms with Crippen molar-refractivity contribution in [1.29, 1.82) is 0 Å². The summed E-state index contributed by atoms with van der Waals surface area (Å²) in [7, 11) is 4.03. The smallest absolute Gasteiger partial charge is 0.258 e. The number of amides is 1. The number of benzene rings is 1. The number of rotatable bonds is 9. The average molecular weight is 527 g/mol. The maximum Gasteiger partial charge on any atom is 0.258 e. The van der Waals surface area contributed by atoms with Crippen LogP contribution in [0.4, 0.5) is 5.69 Å². The monoisotopic (exact) mass is 526 g/mol. The number of carbonyl (C=O) groups is 1. The summed E-state index contributed by atoms with van der Waals surface area (Å²) in [5.41, 5.74) is 3.43. The van der Waals surface area contributed by atoms with Gasteiger partial charge in [0.2, 0.25) is 0 Å². The first-order valence-electron chi connectivity index (χ1n) is 13.0. The fourth-order valence-electron chi connectivity index (χ4n) is 4.93. The molecule has 4 aromatic rings. The van der Waals surface area contributed by atoms with Gasteiger partial charge in [0.05, 0.1) is 35.2 Å². The number of H-pyrrole nitrogens is 2. The highest BCUT2D eigenvalue weighted by atomic mass is 16.5. The molecule has 3 N–H and O–H groups in total. The molecule has 1 amide bonds. The number of nitrogens with zero attached hydrogens (tertiary/aromatic N) is 3. The van der Waals surface area contributed by atoms with E-state index >= 15 is 0 Å². The summed E-state index contributed by atoms with van der Waals surface area (Å²) in [6.07, 6.45) is 13.3. The van der Waals surface area contributed by atoms with E-state index in [9.17, 15) is 9.59 Å². The van der Waals surface area contributed by atoms with Gasteiger partial charge in [-0.15, -0.1) is 0 Å². The Hall–Kier alpha value is -4.37. The number of likely N-dealkylation sites (N-methyl/N-ethyl adjacent to an activating group) is 1. The number of aromatic nitrogens is 4. The van der Waals surface area contributed by atoms with E-state index in [2.05, 4.69) is 57.4 Å². The molecule has 3 heterocycles. The van der Waals surface area contributed by atoms with Gasteiger partial charge in [0.1, 0.15) is 11.4 Å². The van der Waals surface area contributed by atoms with Crippen molar-refractivity contribution < 1.29 is 9.53 Å². The zero-order valence-electron chi connectivity index (χ0n) is 22.7. The van der Waals surface area contributed by atoms with Crippen molar-refractivity contribution in [1.82, 2.24) is 24.6 Å². The second kappa shape index (κ2) is 10.8. The van der Waals surface area contributed by atoms with E-state index in [0.717, 1.165) is 36.0 Å². The van der Waals surface area contributed by atoms with E-state index in [1.54, 1.807) is 23.1 Å². The molecule has 39 heavy (non-hydrogen) atoms. The van der Waals surface area contributed by atoms with Gasteiger partial charge < -0.3 is 24.9 Å². The number of aromatic amines is 2. The first-order valence-corrected chi connectivity index (χ1v) is 13.0. The Morgan fingerprint density at radius 3 is 2.82 bits per heavy atom. The third-order valence-electron chi connectivity index (χ3n) is 6.45. The molecule has 0 fully saturated rings. The van der Waals surface area contributed by atoms with Crippen LogP contribution in [0.1, 0.15) is 37.0 Å². The zero-order chi connectivity index (χ0) is 27.6. The molecule has 0 spiro atoms. The summed E-state index contributed by atoms with van der Waals surface area (Å²) in [6, 6.07) is 9.40. The molecule has 0 aliphatic heterocycles. The fraction of sp³-hybridized carbons (Fsp3) is 0.300. The van der Waals surface area contributed by atoms with Crippen molar-refractivity contribution in [2.45, 2.75) is 38.8 Å². The second-order valence-electron chi connectivity index (χ2n) is 10.8. The van der Waals surface area contributed by atoms with Gasteiger partial charge in [0, 0.05) is 29.8 Å². The predicted octanol–water partition coefficient (Wildman–Crippen LogP) is 4.97. The van der Waals surface area contributed by atoms with Crippen LogP contribution in [-0.2, 0) is 6.54 Å². The Labute approximate surface area is 227 Å². The third kappa shape index (κ3) is 6.38. The lowest BCUT2D eigenvalue weighted by atomic mass is 10.1. The van der Waals surface area contributed by atoms with Crippen molar-refractivity contribution in [2.24, 2.45) is 0 Å². The maximum atomic E-state index is 12.9. The van der Waals surface area contributed by atoms with Crippen LogP contribution in [0.3, 0.4) is 0 Å². The van der Waals surface area contributed by atoms with Crippen molar-refractivity contribution in [3.05, 3.63) is 88.6 Å². The van der Waals surface area contributed by atoms with Crippen LogP contribution in [0, 0.1) is 0 Å². The van der Waals surface area contributed by atoms with Gasteiger partial charge >= 0.3 is 0 Å². The number of ether oxygens (including phenoxy) is 1. The molecule has 1 aliphatic carbocycles. The number of pyridine rings is 1. The largest absolute Gasteiger partial charge is 0.487 e. The first kappa shape index (κ1) is 26.2. The van der Waals surface area contributed by atoms with E-state index in [4.69, 9.17) is 4.74 Å².